The molecular weight excluding hydrogens is 264 g/mol. The lowest BCUT2D eigenvalue weighted by molar-refractivity contribution is -0.249. The second-order valence-corrected chi connectivity index (χ2v) is 5.85. The van der Waals surface area contributed by atoms with Gasteiger partial charge in [0.15, 0.2) is 0 Å². The Morgan fingerprint density at radius 3 is 2.33 bits per heavy atom. The van der Waals surface area contributed by atoms with Crippen LogP contribution in [-0.2, 0) is 9.78 Å². The minimum atomic E-state index is -0.421. The zero-order chi connectivity index (χ0) is 15.7. The molecule has 1 rings (SSSR count). The van der Waals surface area contributed by atoms with Crippen molar-refractivity contribution >= 4 is 5.97 Å². The topological polar surface area (TPSA) is 35.5 Å². The van der Waals surface area contributed by atoms with Crippen molar-refractivity contribution < 1.29 is 14.6 Å². The molecule has 0 aliphatic carbocycles. The van der Waals surface area contributed by atoms with E-state index in [1.165, 1.54) is 18.4 Å². The fraction of sp³-hybridized carbons (Fsp3) is 0.611. The SMILES string of the molecule is CCCCC(CC)COOC(=O)c1ccc(C(C)C)cc1. The number of hydrogen-bond acceptors (Lipinski definition) is 3. The number of carbonyl (C=O) groups excluding carboxylic acids is 1. The summed E-state index contributed by atoms with van der Waals surface area (Å²) in [6.45, 7) is 9.03. The van der Waals surface area contributed by atoms with Crippen molar-refractivity contribution in [1.82, 2.24) is 0 Å². The molecule has 1 aromatic rings. The molecule has 1 aromatic carbocycles. The van der Waals surface area contributed by atoms with Gasteiger partial charge in [-0.2, -0.15) is 4.89 Å². The third-order valence-corrected chi connectivity index (χ3v) is 3.79. The Morgan fingerprint density at radius 1 is 1.14 bits per heavy atom. The second-order valence-electron chi connectivity index (χ2n) is 5.85. The number of carbonyl (C=O) groups is 1. The lowest BCUT2D eigenvalue weighted by Crippen LogP contribution is -2.13. The number of unbranched alkanes of at least 4 members (excludes halogenated alkanes) is 1. The van der Waals surface area contributed by atoms with Crippen molar-refractivity contribution in [1.29, 1.82) is 0 Å². The van der Waals surface area contributed by atoms with E-state index in [4.69, 9.17) is 9.78 Å². The third-order valence-electron chi connectivity index (χ3n) is 3.79. The largest absolute Gasteiger partial charge is 0.373 e. The molecule has 3 heteroatoms. The minimum absolute atomic E-state index is 0.421. The van der Waals surface area contributed by atoms with E-state index in [-0.39, 0.29) is 0 Å². The van der Waals surface area contributed by atoms with Crippen molar-refractivity contribution in [3.8, 4) is 0 Å². The van der Waals surface area contributed by atoms with Crippen LogP contribution < -0.4 is 0 Å². The molecule has 0 aromatic heterocycles. The number of hydrogen-bond donors (Lipinski definition) is 0. The Morgan fingerprint density at radius 2 is 1.81 bits per heavy atom. The molecule has 0 heterocycles. The van der Waals surface area contributed by atoms with Gasteiger partial charge in [-0.3, -0.25) is 4.89 Å². The van der Waals surface area contributed by atoms with Crippen LogP contribution in [0.4, 0.5) is 0 Å². The van der Waals surface area contributed by atoms with Gasteiger partial charge in [-0.15, -0.1) is 0 Å². The Bertz CT molecular complexity index is 409. The lowest BCUT2D eigenvalue weighted by Gasteiger charge is -2.13. The highest BCUT2D eigenvalue weighted by Crippen LogP contribution is 2.16. The Hall–Kier alpha value is -1.35. The van der Waals surface area contributed by atoms with Gasteiger partial charge in [0.2, 0.25) is 0 Å². The van der Waals surface area contributed by atoms with Crippen LogP contribution in [0.1, 0.15) is 75.2 Å². The van der Waals surface area contributed by atoms with Gasteiger partial charge in [-0.25, -0.2) is 4.79 Å². The number of benzene rings is 1. The molecule has 0 amide bonds. The minimum Gasteiger partial charge on any atom is -0.293 e. The maximum Gasteiger partial charge on any atom is 0.373 e. The zero-order valence-corrected chi connectivity index (χ0v) is 13.7. The van der Waals surface area contributed by atoms with Gasteiger partial charge in [-0.1, -0.05) is 59.1 Å². The molecule has 0 bridgehead atoms. The van der Waals surface area contributed by atoms with Crippen LogP contribution in [-0.4, -0.2) is 12.6 Å². The molecule has 21 heavy (non-hydrogen) atoms. The molecule has 0 N–H and O–H groups in total. The molecule has 1 unspecified atom stereocenters. The van der Waals surface area contributed by atoms with Gasteiger partial charge in [0.1, 0.15) is 0 Å². The molecule has 0 fully saturated rings. The first-order valence-corrected chi connectivity index (χ1v) is 8.02. The van der Waals surface area contributed by atoms with Crippen LogP contribution in [0.25, 0.3) is 0 Å². The summed E-state index contributed by atoms with van der Waals surface area (Å²) >= 11 is 0. The molecule has 0 saturated heterocycles. The summed E-state index contributed by atoms with van der Waals surface area (Å²) < 4.78 is 0. The molecule has 0 aliphatic heterocycles. The van der Waals surface area contributed by atoms with Crippen molar-refractivity contribution in [3.63, 3.8) is 0 Å². The molecule has 0 aliphatic rings. The Labute approximate surface area is 128 Å². The van der Waals surface area contributed by atoms with Gasteiger partial charge in [0, 0.05) is 0 Å². The summed E-state index contributed by atoms with van der Waals surface area (Å²) in [6.07, 6.45) is 4.53. The fourth-order valence-electron chi connectivity index (χ4n) is 2.13. The average Bonchev–Trinajstić information content (AvgIpc) is 2.50. The van der Waals surface area contributed by atoms with Gasteiger partial charge < -0.3 is 0 Å². The third kappa shape index (κ3) is 6.30. The fourth-order valence-corrected chi connectivity index (χ4v) is 2.13. The number of rotatable bonds is 9. The van der Waals surface area contributed by atoms with Crippen molar-refractivity contribution in [3.05, 3.63) is 35.4 Å². The summed E-state index contributed by atoms with van der Waals surface area (Å²) in [5.41, 5.74) is 1.74. The molecule has 0 spiro atoms. The van der Waals surface area contributed by atoms with Crippen molar-refractivity contribution in [2.75, 3.05) is 6.61 Å². The van der Waals surface area contributed by atoms with E-state index in [1.807, 2.05) is 12.1 Å². The summed E-state index contributed by atoms with van der Waals surface area (Å²) in [7, 11) is 0. The van der Waals surface area contributed by atoms with E-state index >= 15 is 0 Å². The van der Waals surface area contributed by atoms with E-state index in [0.717, 1.165) is 12.8 Å². The van der Waals surface area contributed by atoms with E-state index < -0.39 is 5.97 Å². The van der Waals surface area contributed by atoms with Crippen molar-refractivity contribution in [2.24, 2.45) is 5.92 Å². The maximum atomic E-state index is 11.9. The van der Waals surface area contributed by atoms with Gasteiger partial charge in [0.05, 0.1) is 12.2 Å². The summed E-state index contributed by atoms with van der Waals surface area (Å²) in [5.74, 6) is 0.493. The first kappa shape index (κ1) is 17.7. The summed E-state index contributed by atoms with van der Waals surface area (Å²) in [5, 5.41) is 0. The molecular formula is C18H28O3. The first-order valence-electron chi connectivity index (χ1n) is 8.02. The van der Waals surface area contributed by atoms with Gasteiger partial charge >= 0.3 is 5.97 Å². The van der Waals surface area contributed by atoms with Crippen LogP contribution >= 0.6 is 0 Å². The predicted molar refractivity (Wildman–Crippen MR) is 85.2 cm³/mol. The van der Waals surface area contributed by atoms with E-state index in [2.05, 4.69) is 27.7 Å². The Balaban J connectivity index is 2.39. The molecule has 0 saturated carbocycles. The smallest absolute Gasteiger partial charge is 0.293 e. The monoisotopic (exact) mass is 292 g/mol. The highest BCUT2D eigenvalue weighted by Gasteiger charge is 2.11. The van der Waals surface area contributed by atoms with Crippen LogP contribution in [0.2, 0.25) is 0 Å². The predicted octanol–water partition coefficient (Wildman–Crippen LogP) is 5.11. The zero-order valence-electron chi connectivity index (χ0n) is 13.7. The van der Waals surface area contributed by atoms with E-state index in [1.54, 1.807) is 12.1 Å². The van der Waals surface area contributed by atoms with Crippen LogP contribution in [0.15, 0.2) is 24.3 Å². The second kappa shape index (κ2) is 9.56. The van der Waals surface area contributed by atoms with Gasteiger partial charge in [-0.05, 0) is 36.0 Å². The maximum absolute atomic E-state index is 11.9. The van der Waals surface area contributed by atoms with Gasteiger partial charge in [0.25, 0.3) is 0 Å². The molecule has 118 valence electrons. The molecule has 1 atom stereocenters. The van der Waals surface area contributed by atoms with Crippen LogP contribution in [0.3, 0.4) is 0 Å². The van der Waals surface area contributed by atoms with E-state index in [0.29, 0.717) is 24.0 Å². The van der Waals surface area contributed by atoms with Crippen LogP contribution in [0, 0.1) is 5.92 Å². The highest BCUT2D eigenvalue weighted by molar-refractivity contribution is 5.88. The van der Waals surface area contributed by atoms with Crippen molar-refractivity contribution in [2.45, 2.75) is 59.3 Å². The highest BCUT2D eigenvalue weighted by atomic mass is 17.2. The Kier molecular flexibility index (Phi) is 8.06. The standard InChI is InChI=1S/C18H28O3/c1-5-7-8-15(6-2)13-20-21-18(19)17-11-9-16(10-12-17)14(3)4/h9-12,14-15H,5-8,13H2,1-4H3. The normalized spacial score (nSPS) is 12.4. The first-order chi connectivity index (χ1) is 10.1. The molecule has 0 radical (unpaired) electrons. The quantitative estimate of drug-likeness (QED) is 0.468. The summed E-state index contributed by atoms with van der Waals surface area (Å²) in [6, 6.07) is 7.49. The average molecular weight is 292 g/mol. The van der Waals surface area contributed by atoms with E-state index in [9.17, 15) is 4.79 Å². The molecule has 3 nitrogen and oxygen atoms in total. The van der Waals surface area contributed by atoms with Crippen LogP contribution in [0.5, 0.6) is 0 Å². The lowest BCUT2D eigenvalue weighted by atomic mass is 10.0. The summed E-state index contributed by atoms with van der Waals surface area (Å²) in [4.78, 5) is 21.9.